The summed E-state index contributed by atoms with van der Waals surface area (Å²) in [6, 6.07) is 47.1. The van der Waals surface area contributed by atoms with E-state index in [2.05, 4.69) is 180 Å². The van der Waals surface area contributed by atoms with E-state index in [1.54, 1.807) is 0 Å². The lowest BCUT2D eigenvalue weighted by molar-refractivity contribution is 0.590. The van der Waals surface area contributed by atoms with Crippen LogP contribution in [0.15, 0.2) is 136 Å². The van der Waals surface area contributed by atoms with Gasteiger partial charge in [0, 0.05) is 64.3 Å². The molecule has 0 spiro atoms. The van der Waals surface area contributed by atoms with E-state index in [0.717, 1.165) is 5.75 Å². The molecule has 0 aliphatic carbocycles. The molecule has 7 aromatic carbocycles. The Labute approximate surface area is 354 Å². The van der Waals surface area contributed by atoms with Crippen LogP contribution in [0.1, 0.15) is 63.8 Å². The average molecular weight is 803 g/mol. The van der Waals surface area contributed by atoms with Crippen LogP contribution in [-0.4, -0.2) is 6.71 Å². The molecule has 282 valence electrons. The smallest absolute Gasteiger partial charge is 0.255 e. The van der Waals surface area contributed by atoms with Crippen LogP contribution in [0.3, 0.4) is 0 Å². The molecule has 0 fully saturated rings. The van der Waals surface area contributed by atoms with Gasteiger partial charge in [-0.1, -0.05) is 120 Å². The van der Waals surface area contributed by atoms with Gasteiger partial charge >= 0.3 is 0 Å². The molecule has 5 heterocycles. The topological polar surface area (TPSA) is 6.48 Å². The SMILES string of the molecule is Cc1cc2c3c(c1)N(c1ccc(C(C)(C)C)cc1)c1c4c(cc5c1sc1ccccc15)Sc1c5c(cc(c1B34)N2c1ccc(C(C)(C)C)cc1)-c1ccccc1CS5. The Morgan fingerprint density at radius 1 is 0.569 bits per heavy atom. The van der Waals surface area contributed by atoms with Crippen LogP contribution in [0.2, 0.25) is 0 Å². The highest BCUT2D eigenvalue weighted by Crippen LogP contribution is 2.57. The first-order valence-corrected chi connectivity index (χ1v) is 23.1. The summed E-state index contributed by atoms with van der Waals surface area (Å²) in [5.41, 5.74) is 20.3. The summed E-state index contributed by atoms with van der Waals surface area (Å²) < 4.78 is 2.72. The van der Waals surface area contributed by atoms with Gasteiger partial charge in [0.25, 0.3) is 6.71 Å². The Bertz CT molecular complexity index is 3070. The number of anilines is 6. The number of hydrogen-bond acceptors (Lipinski definition) is 5. The van der Waals surface area contributed by atoms with Gasteiger partial charge in [0.05, 0.1) is 10.4 Å². The van der Waals surface area contributed by atoms with E-state index in [1.807, 2.05) is 34.9 Å². The number of nitrogens with zero attached hydrogens (tertiary/aromatic N) is 2. The van der Waals surface area contributed by atoms with Crippen molar-refractivity contribution in [2.24, 2.45) is 0 Å². The van der Waals surface area contributed by atoms with Gasteiger partial charge < -0.3 is 9.80 Å². The molecule has 2 nitrogen and oxygen atoms in total. The van der Waals surface area contributed by atoms with Gasteiger partial charge in [-0.15, -0.1) is 23.1 Å². The summed E-state index contributed by atoms with van der Waals surface area (Å²) >= 11 is 6.01. The van der Waals surface area contributed by atoms with E-state index < -0.39 is 0 Å². The zero-order chi connectivity index (χ0) is 39.4. The quantitative estimate of drug-likeness (QED) is 0.161. The van der Waals surface area contributed by atoms with Crippen LogP contribution in [0, 0.1) is 6.92 Å². The third-order valence-corrected chi connectivity index (χ3v) is 16.5. The molecule has 4 aliphatic rings. The Hall–Kier alpha value is -4.88. The van der Waals surface area contributed by atoms with E-state index in [4.69, 9.17) is 0 Å². The van der Waals surface area contributed by atoms with E-state index in [0.29, 0.717) is 0 Å². The number of hydrogen-bond donors (Lipinski definition) is 0. The lowest BCUT2D eigenvalue weighted by Gasteiger charge is -2.48. The highest BCUT2D eigenvalue weighted by molar-refractivity contribution is 8.02. The first-order valence-electron chi connectivity index (χ1n) is 20.5. The molecule has 6 heteroatoms. The molecule has 0 bridgehead atoms. The highest BCUT2D eigenvalue weighted by atomic mass is 32.2. The molecule has 1 aromatic heterocycles. The molecule has 0 saturated heterocycles. The largest absolute Gasteiger partial charge is 0.311 e. The number of thiophene rings is 1. The molecule has 8 aromatic rings. The van der Waals surface area contributed by atoms with Crippen molar-refractivity contribution in [3.63, 3.8) is 0 Å². The number of fused-ring (bicyclic) bond motifs is 8. The molecule has 4 aliphatic heterocycles. The molecule has 58 heavy (non-hydrogen) atoms. The maximum Gasteiger partial charge on any atom is 0.255 e. The summed E-state index contributed by atoms with van der Waals surface area (Å²) in [7, 11) is 0. The summed E-state index contributed by atoms with van der Waals surface area (Å²) in [5.74, 6) is 0.990. The fourth-order valence-corrected chi connectivity index (χ4v) is 13.9. The molecule has 0 saturated carbocycles. The van der Waals surface area contributed by atoms with E-state index >= 15 is 0 Å². The maximum absolute atomic E-state index is 2.64. The van der Waals surface area contributed by atoms with Crippen molar-refractivity contribution >= 4 is 112 Å². The van der Waals surface area contributed by atoms with Crippen LogP contribution in [-0.2, 0) is 16.6 Å². The summed E-state index contributed by atoms with van der Waals surface area (Å²) in [6.07, 6.45) is 0. The highest BCUT2D eigenvalue weighted by Gasteiger charge is 2.50. The Morgan fingerprint density at radius 2 is 1.19 bits per heavy atom. The number of rotatable bonds is 2. The minimum Gasteiger partial charge on any atom is -0.311 e. The van der Waals surface area contributed by atoms with Crippen LogP contribution in [0.5, 0.6) is 0 Å². The molecule has 0 N–H and O–H groups in total. The van der Waals surface area contributed by atoms with Crippen molar-refractivity contribution < 1.29 is 0 Å². The zero-order valence-electron chi connectivity index (χ0n) is 34.0. The fraction of sp³-hybridized carbons (Fsp3) is 0.192. The summed E-state index contributed by atoms with van der Waals surface area (Å²) in [5, 5.41) is 2.71. The minimum absolute atomic E-state index is 0.0656. The van der Waals surface area contributed by atoms with Gasteiger partial charge in [0.1, 0.15) is 0 Å². The summed E-state index contributed by atoms with van der Waals surface area (Å²) in [6.45, 7) is 16.2. The molecule has 0 unspecified atom stereocenters. The third kappa shape index (κ3) is 4.89. The first kappa shape index (κ1) is 35.1. The molecular weight excluding hydrogens is 760 g/mol. The number of benzene rings is 7. The molecule has 0 atom stereocenters. The lowest BCUT2D eigenvalue weighted by Crippen LogP contribution is -2.63. The van der Waals surface area contributed by atoms with Crippen molar-refractivity contribution in [2.45, 2.75) is 79.7 Å². The maximum atomic E-state index is 2.64. The van der Waals surface area contributed by atoms with Crippen LogP contribution >= 0.6 is 34.9 Å². The second kappa shape index (κ2) is 12.1. The van der Waals surface area contributed by atoms with Crippen molar-refractivity contribution in [1.82, 2.24) is 0 Å². The average Bonchev–Trinajstić information content (AvgIpc) is 3.58. The second-order valence-corrected chi connectivity index (χ2v) is 21.7. The zero-order valence-corrected chi connectivity index (χ0v) is 36.4. The Morgan fingerprint density at radius 3 is 1.90 bits per heavy atom. The standard InChI is InChI=1S/C52H43BN2S3/c1-29-24-39-44-40(25-29)55(34-22-18-32(19-23-34)52(5,6)7)47-46-43(27-38-36-14-10-11-15-42(36)57-48(38)47)58-50-45(53(44)46)41(54(39)33-20-16-31(17-21-33)51(2,3)4)26-37-35-13-9-8-12-30(35)28-56-49(37)50/h8-27H,28H2,1-7H3. The van der Waals surface area contributed by atoms with Crippen LogP contribution in [0.4, 0.5) is 34.1 Å². The van der Waals surface area contributed by atoms with E-state index in [1.165, 1.54) is 119 Å². The van der Waals surface area contributed by atoms with Gasteiger partial charge in [0.2, 0.25) is 0 Å². The van der Waals surface area contributed by atoms with Crippen molar-refractivity contribution in [1.29, 1.82) is 0 Å². The second-order valence-electron chi connectivity index (χ2n) is 18.6. The normalized spacial score (nSPS) is 14.8. The lowest BCUT2D eigenvalue weighted by atomic mass is 9.33. The Balaban J connectivity index is 1.22. The van der Waals surface area contributed by atoms with Crippen LogP contribution in [0.25, 0.3) is 31.3 Å². The molecule has 0 radical (unpaired) electrons. The predicted octanol–water partition coefficient (Wildman–Crippen LogP) is 13.8. The third-order valence-electron chi connectivity index (χ3n) is 12.9. The molecular formula is C52H43BN2S3. The van der Waals surface area contributed by atoms with Gasteiger partial charge in [-0.2, -0.15) is 0 Å². The molecule has 12 rings (SSSR count). The monoisotopic (exact) mass is 802 g/mol. The van der Waals surface area contributed by atoms with E-state index in [9.17, 15) is 0 Å². The first-order chi connectivity index (χ1) is 27.9. The van der Waals surface area contributed by atoms with Crippen molar-refractivity contribution in [2.75, 3.05) is 9.80 Å². The van der Waals surface area contributed by atoms with Gasteiger partial charge in [-0.25, -0.2) is 0 Å². The van der Waals surface area contributed by atoms with E-state index in [-0.39, 0.29) is 17.5 Å². The summed E-state index contributed by atoms with van der Waals surface area (Å²) in [4.78, 5) is 9.52. The number of thioether (sulfide) groups is 1. The van der Waals surface area contributed by atoms with Gasteiger partial charge in [-0.3, -0.25) is 0 Å². The van der Waals surface area contributed by atoms with Crippen molar-refractivity contribution in [3.05, 3.63) is 144 Å². The fourth-order valence-electron chi connectivity index (χ4n) is 10.0. The number of aryl methyl sites for hydroxylation is 1. The minimum atomic E-state index is 0.0656. The molecule has 0 amide bonds. The Kier molecular flexibility index (Phi) is 7.32. The predicted molar refractivity (Wildman–Crippen MR) is 255 cm³/mol. The van der Waals surface area contributed by atoms with Gasteiger partial charge in [-0.05, 0) is 122 Å². The van der Waals surface area contributed by atoms with Gasteiger partial charge in [0.15, 0.2) is 0 Å². The van der Waals surface area contributed by atoms with Crippen molar-refractivity contribution in [3.8, 4) is 11.1 Å². The van der Waals surface area contributed by atoms with Crippen LogP contribution < -0.4 is 26.2 Å².